The van der Waals surface area contributed by atoms with Gasteiger partial charge in [0.1, 0.15) is 0 Å². The minimum absolute atomic E-state index is 0.223. The summed E-state index contributed by atoms with van der Waals surface area (Å²) in [7, 11) is 0. The molecule has 0 spiro atoms. The Morgan fingerprint density at radius 1 is 1.18 bits per heavy atom. The van der Waals surface area contributed by atoms with Crippen molar-refractivity contribution in [3.8, 4) is 17.1 Å². The summed E-state index contributed by atoms with van der Waals surface area (Å²) in [6.07, 6.45) is 0. The van der Waals surface area contributed by atoms with E-state index < -0.39 is 5.97 Å². The third kappa shape index (κ3) is 2.78. The van der Waals surface area contributed by atoms with Crippen molar-refractivity contribution in [1.82, 2.24) is 14.8 Å². The van der Waals surface area contributed by atoms with Crippen LogP contribution in [-0.4, -0.2) is 25.8 Å². The summed E-state index contributed by atoms with van der Waals surface area (Å²) < 4.78 is 2.50. The van der Waals surface area contributed by atoms with E-state index in [9.17, 15) is 4.79 Å². The molecular weight excluding hydrogens is 346 g/mol. The molecule has 1 N–H and O–H groups in total. The van der Waals surface area contributed by atoms with E-state index in [0.717, 1.165) is 21.3 Å². The Morgan fingerprint density at radius 3 is 2.55 bits per heavy atom. The Morgan fingerprint density at radius 2 is 1.91 bits per heavy atom. The maximum atomic E-state index is 11.2. The van der Waals surface area contributed by atoms with Crippen molar-refractivity contribution in [3.05, 3.63) is 64.4 Å². The molecule has 3 rings (SSSR count). The van der Waals surface area contributed by atoms with Gasteiger partial charge in [0.25, 0.3) is 5.82 Å². The van der Waals surface area contributed by atoms with Crippen molar-refractivity contribution in [2.24, 2.45) is 0 Å². The lowest BCUT2D eigenvalue weighted by Crippen LogP contribution is -2.02. The van der Waals surface area contributed by atoms with Crippen LogP contribution in [-0.2, 0) is 0 Å². The molecule has 110 valence electrons. The molecule has 0 aliphatic heterocycles. The van der Waals surface area contributed by atoms with Crippen LogP contribution in [0.4, 0.5) is 0 Å². The fraction of sp³-hybridized carbons (Fsp3) is 0.0625. The van der Waals surface area contributed by atoms with Crippen LogP contribution < -0.4 is 0 Å². The Balaban J connectivity index is 2.20. The van der Waals surface area contributed by atoms with Crippen molar-refractivity contribution in [2.45, 2.75) is 6.92 Å². The van der Waals surface area contributed by atoms with E-state index in [0.29, 0.717) is 5.82 Å². The number of aromatic nitrogens is 3. The normalized spacial score (nSPS) is 10.6. The first-order valence-corrected chi connectivity index (χ1v) is 7.37. The van der Waals surface area contributed by atoms with Gasteiger partial charge in [-0.2, -0.15) is 0 Å². The number of hydrogen-bond donors (Lipinski definition) is 1. The van der Waals surface area contributed by atoms with E-state index in [-0.39, 0.29) is 5.82 Å². The number of aryl methyl sites for hydroxylation is 1. The summed E-state index contributed by atoms with van der Waals surface area (Å²) in [6, 6.07) is 15.2. The standard InChI is InChI=1S/C16H12BrN3O2/c1-10-3-2-4-13(9-10)20-15(18-14(19-20)16(21)22)11-5-7-12(17)8-6-11/h2-9H,1H3,(H,21,22). The maximum absolute atomic E-state index is 11.2. The Hall–Kier alpha value is -2.47. The van der Waals surface area contributed by atoms with Crippen LogP contribution >= 0.6 is 15.9 Å². The van der Waals surface area contributed by atoms with Crippen LogP contribution in [0, 0.1) is 6.92 Å². The van der Waals surface area contributed by atoms with Crippen molar-refractivity contribution < 1.29 is 9.90 Å². The molecular formula is C16H12BrN3O2. The lowest BCUT2D eigenvalue weighted by Gasteiger charge is -2.06. The van der Waals surface area contributed by atoms with Crippen molar-refractivity contribution in [2.75, 3.05) is 0 Å². The molecule has 0 bridgehead atoms. The first-order valence-electron chi connectivity index (χ1n) is 6.58. The summed E-state index contributed by atoms with van der Waals surface area (Å²) in [5, 5.41) is 13.3. The minimum atomic E-state index is -1.15. The zero-order valence-corrected chi connectivity index (χ0v) is 13.3. The van der Waals surface area contributed by atoms with Crippen LogP contribution in [0.25, 0.3) is 17.1 Å². The van der Waals surface area contributed by atoms with Gasteiger partial charge in [0.2, 0.25) is 0 Å². The predicted octanol–water partition coefficient (Wildman–Crippen LogP) is 3.70. The molecule has 0 atom stereocenters. The highest BCUT2D eigenvalue weighted by Crippen LogP contribution is 2.23. The number of carbonyl (C=O) groups is 1. The highest BCUT2D eigenvalue weighted by atomic mass is 79.9. The van der Waals surface area contributed by atoms with Gasteiger partial charge in [-0.1, -0.05) is 40.2 Å². The van der Waals surface area contributed by atoms with Gasteiger partial charge in [0.15, 0.2) is 5.82 Å². The quantitative estimate of drug-likeness (QED) is 0.775. The zero-order chi connectivity index (χ0) is 15.7. The summed E-state index contributed by atoms with van der Waals surface area (Å²) in [5.74, 6) is -0.875. The third-order valence-electron chi connectivity index (χ3n) is 3.15. The molecule has 0 saturated heterocycles. The van der Waals surface area contributed by atoms with Gasteiger partial charge in [0.05, 0.1) is 5.69 Å². The SMILES string of the molecule is Cc1cccc(-n2nc(C(=O)O)nc2-c2ccc(Br)cc2)c1. The number of nitrogens with zero attached hydrogens (tertiary/aromatic N) is 3. The molecule has 5 nitrogen and oxygen atoms in total. The topological polar surface area (TPSA) is 68.0 Å². The second-order valence-electron chi connectivity index (χ2n) is 4.82. The van der Waals surface area contributed by atoms with Gasteiger partial charge in [-0.3, -0.25) is 0 Å². The first kappa shape index (κ1) is 14.5. The van der Waals surface area contributed by atoms with E-state index in [1.807, 2.05) is 55.5 Å². The van der Waals surface area contributed by atoms with Crippen LogP contribution in [0.5, 0.6) is 0 Å². The highest BCUT2D eigenvalue weighted by Gasteiger charge is 2.17. The summed E-state index contributed by atoms with van der Waals surface area (Å²) in [6.45, 7) is 1.97. The van der Waals surface area contributed by atoms with Crippen LogP contribution in [0.1, 0.15) is 16.2 Å². The van der Waals surface area contributed by atoms with E-state index in [2.05, 4.69) is 26.0 Å². The average Bonchev–Trinajstić information content (AvgIpc) is 2.93. The Kier molecular flexibility index (Phi) is 3.77. The van der Waals surface area contributed by atoms with Gasteiger partial charge in [-0.05, 0) is 36.8 Å². The maximum Gasteiger partial charge on any atom is 0.375 e. The van der Waals surface area contributed by atoms with Crippen molar-refractivity contribution >= 4 is 21.9 Å². The van der Waals surface area contributed by atoms with E-state index >= 15 is 0 Å². The molecule has 0 fully saturated rings. The molecule has 0 unspecified atom stereocenters. The number of aromatic carboxylic acids is 1. The molecule has 2 aromatic carbocycles. The summed E-state index contributed by atoms with van der Waals surface area (Å²) in [5.41, 5.74) is 2.63. The smallest absolute Gasteiger partial charge is 0.375 e. The fourth-order valence-electron chi connectivity index (χ4n) is 2.13. The highest BCUT2D eigenvalue weighted by molar-refractivity contribution is 9.10. The van der Waals surface area contributed by atoms with Crippen LogP contribution in [0.2, 0.25) is 0 Å². The largest absolute Gasteiger partial charge is 0.475 e. The van der Waals surface area contributed by atoms with Gasteiger partial charge in [-0.15, -0.1) is 5.10 Å². The monoisotopic (exact) mass is 357 g/mol. The molecule has 0 aliphatic carbocycles. The summed E-state index contributed by atoms with van der Waals surface area (Å²) in [4.78, 5) is 15.4. The molecule has 6 heteroatoms. The molecule has 22 heavy (non-hydrogen) atoms. The van der Waals surface area contributed by atoms with Gasteiger partial charge < -0.3 is 5.11 Å². The lowest BCUT2D eigenvalue weighted by molar-refractivity contribution is 0.0683. The number of benzene rings is 2. The van der Waals surface area contributed by atoms with Crippen LogP contribution in [0.15, 0.2) is 53.0 Å². The first-order chi connectivity index (χ1) is 10.5. The molecule has 1 aromatic heterocycles. The number of carboxylic acids is 1. The van der Waals surface area contributed by atoms with Crippen molar-refractivity contribution in [1.29, 1.82) is 0 Å². The van der Waals surface area contributed by atoms with Crippen LogP contribution in [0.3, 0.4) is 0 Å². The fourth-order valence-corrected chi connectivity index (χ4v) is 2.39. The second-order valence-corrected chi connectivity index (χ2v) is 5.74. The lowest BCUT2D eigenvalue weighted by atomic mass is 10.2. The minimum Gasteiger partial charge on any atom is -0.475 e. The number of halogens is 1. The third-order valence-corrected chi connectivity index (χ3v) is 3.68. The number of rotatable bonds is 3. The molecule has 1 heterocycles. The predicted molar refractivity (Wildman–Crippen MR) is 86.2 cm³/mol. The number of hydrogen-bond acceptors (Lipinski definition) is 3. The molecule has 0 aliphatic rings. The van der Waals surface area contributed by atoms with E-state index in [1.165, 1.54) is 0 Å². The summed E-state index contributed by atoms with van der Waals surface area (Å²) >= 11 is 3.38. The van der Waals surface area contributed by atoms with E-state index in [4.69, 9.17) is 5.11 Å². The molecule has 3 aromatic rings. The number of carboxylic acid groups (broad SMARTS) is 1. The molecule has 0 radical (unpaired) electrons. The Labute approximate surface area is 135 Å². The second kappa shape index (κ2) is 5.73. The zero-order valence-electron chi connectivity index (χ0n) is 11.7. The Bertz CT molecular complexity index is 841. The van der Waals surface area contributed by atoms with Gasteiger partial charge >= 0.3 is 5.97 Å². The average molecular weight is 358 g/mol. The van der Waals surface area contributed by atoms with Gasteiger partial charge in [0, 0.05) is 10.0 Å². The van der Waals surface area contributed by atoms with E-state index in [1.54, 1.807) is 4.68 Å². The molecule has 0 amide bonds. The molecule has 0 saturated carbocycles. The van der Waals surface area contributed by atoms with Crippen molar-refractivity contribution in [3.63, 3.8) is 0 Å². The van der Waals surface area contributed by atoms with Gasteiger partial charge in [-0.25, -0.2) is 14.5 Å².